The maximum atomic E-state index is 14.1. The normalized spacial score (nSPS) is 34.4. The smallest absolute Gasteiger partial charge is 0.246 e. The predicted octanol–water partition coefficient (Wildman–Crippen LogP) is 2.57. The van der Waals surface area contributed by atoms with Gasteiger partial charge in [-0.25, -0.2) is 0 Å². The Kier molecular flexibility index (Phi) is 6.74. The van der Waals surface area contributed by atoms with Crippen LogP contribution >= 0.6 is 0 Å². The molecule has 3 unspecified atom stereocenters. The van der Waals surface area contributed by atoms with Gasteiger partial charge in [0.15, 0.2) is 0 Å². The lowest BCUT2D eigenvalue weighted by Crippen LogP contribution is -2.59. The molecule has 0 saturated carbocycles. The molecule has 1 spiro atoms. The molecule has 0 radical (unpaired) electrons. The first-order valence-corrected chi connectivity index (χ1v) is 12.8. The van der Waals surface area contributed by atoms with Crippen LogP contribution in [0.4, 0.5) is 5.69 Å². The first-order valence-electron chi connectivity index (χ1n) is 12.8. The zero-order chi connectivity index (χ0) is 25.7. The van der Waals surface area contributed by atoms with Crippen molar-refractivity contribution in [1.82, 2.24) is 10.2 Å². The Labute approximate surface area is 207 Å². The van der Waals surface area contributed by atoms with Crippen LogP contribution < -0.4 is 10.6 Å². The van der Waals surface area contributed by atoms with E-state index in [9.17, 15) is 19.5 Å². The lowest BCUT2D eigenvalue weighted by molar-refractivity contribution is -0.150. The molecule has 192 valence electrons. The summed E-state index contributed by atoms with van der Waals surface area (Å²) in [7, 11) is 0. The Balaban J connectivity index is 1.79. The summed E-state index contributed by atoms with van der Waals surface area (Å²) in [5.41, 5.74) is -1.35. The van der Waals surface area contributed by atoms with Crippen molar-refractivity contribution >= 4 is 23.4 Å². The van der Waals surface area contributed by atoms with Crippen LogP contribution in [-0.4, -0.2) is 63.7 Å². The van der Waals surface area contributed by atoms with Gasteiger partial charge in [-0.3, -0.25) is 14.4 Å². The van der Waals surface area contributed by atoms with Crippen molar-refractivity contribution in [1.29, 1.82) is 0 Å². The first kappa shape index (κ1) is 25.6. The first-order chi connectivity index (χ1) is 16.5. The van der Waals surface area contributed by atoms with E-state index in [4.69, 9.17) is 4.74 Å². The number of aliphatic hydroxyl groups is 1. The topological polar surface area (TPSA) is 108 Å². The van der Waals surface area contributed by atoms with Gasteiger partial charge in [-0.2, -0.15) is 0 Å². The number of hydrogen-bond donors (Lipinski definition) is 3. The van der Waals surface area contributed by atoms with Gasteiger partial charge in [0, 0.05) is 11.7 Å². The van der Waals surface area contributed by atoms with E-state index >= 15 is 0 Å². The van der Waals surface area contributed by atoms with Gasteiger partial charge in [0.2, 0.25) is 17.7 Å². The molecule has 3 saturated heterocycles. The van der Waals surface area contributed by atoms with Crippen LogP contribution in [0, 0.1) is 23.7 Å². The van der Waals surface area contributed by atoms with Crippen molar-refractivity contribution in [2.45, 2.75) is 83.7 Å². The molecule has 8 nitrogen and oxygen atoms in total. The maximum absolute atomic E-state index is 14.1. The van der Waals surface area contributed by atoms with E-state index in [0.717, 1.165) is 0 Å². The van der Waals surface area contributed by atoms with Crippen molar-refractivity contribution in [2.75, 3.05) is 11.9 Å². The minimum atomic E-state index is -1.12. The molecule has 3 amide bonds. The fourth-order valence-electron chi connectivity index (χ4n) is 6.69. The molecule has 0 aromatic heterocycles. The number of nitrogens with zero attached hydrogens (tertiary/aromatic N) is 1. The van der Waals surface area contributed by atoms with Gasteiger partial charge in [-0.1, -0.05) is 39.0 Å². The van der Waals surface area contributed by atoms with E-state index in [0.29, 0.717) is 18.5 Å². The van der Waals surface area contributed by atoms with Crippen LogP contribution in [0.2, 0.25) is 0 Å². The SMILES string of the molecule is CC(C)C[C@H](CO)N1C(=O)[C@@H]2[C@@H](C(=O)Nc3ccccc3)[C@]3(C)OC2(CC3C)C1C(=O)NC(C)C. The zero-order valence-corrected chi connectivity index (χ0v) is 21.6. The van der Waals surface area contributed by atoms with Crippen molar-refractivity contribution in [2.24, 2.45) is 23.7 Å². The Morgan fingerprint density at radius 2 is 1.83 bits per heavy atom. The molecule has 2 bridgehead atoms. The lowest BCUT2D eigenvalue weighted by atomic mass is 9.62. The van der Waals surface area contributed by atoms with Gasteiger partial charge in [-0.05, 0) is 57.6 Å². The number of aliphatic hydroxyl groups excluding tert-OH is 1. The van der Waals surface area contributed by atoms with Gasteiger partial charge < -0.3 is 25.4 Å². The van der Waals surface area contributed by atoms with E-state index in [1.54, 1.807) is 17.0 Å². The molecule has 3 heterocycles. The molecule has 4 rings (SSSR count). The number of hydrogen-bond acceptors (Lipinski definition) is 5. The summed E-state index contributed by atoms with van der Waals surface area (Å²) in [5.74, 6) is -2.23. The van der Waals surface area contributed by atoms with Crippen molar-refractivity contribution in [3.05, 3.63) is 30.3 Å². The van der Waals surface area contributed by atoms with Crippen LogP contribution in [0.25, 0.3) is 0 Å². The number of amides is 3. The monoisotopic (exact) mass is 485 g/mol. The van der Waals surface area contributed by atoms with Crippen LogP contribution in [0.15, 0.2) is 30.3 Å². The Bertz CT molecular complexity index is 982. The molecule has 1 aromatic carbocycles. The molecule has 3 N–H and O–H groups in total. The quantitative estimate of drug-likeness (QED) is 0.525. The fraction of sp³-hybridized carbons (Fsp3) is 0.667. The highest BCUT2D eigenvalue weighted by Gasteiger charge is 2.80. The maximum Gasteiger partial charge on any atom is 0.246 e. The number of likely N-dealkylation sites (tertiary alicyclic amines) is 1. The second-order valence-electron chi connectivity index (χ2n) is 11.4. The van der Waals surface area contributed by atoms with E-state index in [-0.39, 0.29) is 42.2 Å². The lowest BCUT2D eigenvalue weighted by Gasteiger charge is -2.37. The van der Waals surface area contributed by atoms with Crippen molar-refractivity contribution in [3.63, 3.8) is 0 Å². The molecule has 3 fully saturated rings. The minimum Gasteiger partial charge on any atom is -0.394 e. The summed E-state index contributed by atoms with van der Waals surface area (Å²) in [6.45, 7) is 11.5. The average molecular weight is 486 g/mol. The summed E-state index contributed by atoms with van der Waals surface area (Å²) >= 11 is 0. The number of rotatable bonds is 8. The average Bonchev–Trinajstić information content (AvgIpc) is 3.29. The standard InChI is InChI=1S/C27H39N3O5/c1-15(2)12-19(14-31)30-22(24(33)28-16(3)4)27-13-17(5)26(6,35-27)20(21(27)25(30)34)23(32)29-18-10-8-7-9-11-18/h7-11,15-17,19-22,31H,12-14H2,1-6H3,(H,28,33)(H,29,32)/t17?,19-,20+,21+,22?,26-,27?/m1/s1. The fourth-order valence-corrected chi connectivity index (χ4v) is 6.69. The number of fused-ring (bicyclic) bond motifs is 1. The van der Waals surface area contributed by atoms with Crippen LogP contribution in [0.5, 0.6) is 0 Å². The van der Waals surface area contributed by atoms with E-state index in [1.807, 2.05) is 59.7 Å². The van der Waals surface area contributed by atoms with E-state index < -0.39 is 35.1 Å². The van der Waals surface area contributed by atoms with Crippen LogP contribution in [0.3, 0.4) is 0 Å². The number of carbonyl (C=O) groups excluding carboxylic acids is 3. The second-order valence-corrected chi connectivity index (χ2v) is 11.4. The molecule has 8 heteroatoms. The highest BCUT2D eigenvalue weighted by molar-refractivity contribution is 6.02. The number of benzene rings is 1. The summed E-state index contributed by atoms with van der Waals surface area (Å²) in [5, 5.41) is 16.2. The van der Waals surface area contributed by atoms with E-state index in [2.05, 4.69) is 10.6 Å². The van der Waals surface area contributed by atoms with Crippen LogP contribution in [0.1, 0.15) is 54.4 Å². The Hall–Kier alpha value is -2.45. The number of ether oxygens (including phenoxy) is 1. The third-order valence-corrected chi connectivity index (χ3v) is 8.10. The van der Waals surface area contributed by atoms with Gasteiger partial charge in [0.05, 0.1) is 30.1 Å². The number of carbonyl (C=O) groups is 3. The number of nitrogens with one attached hydrogen (secondary N) is 2. The summed E-state index contributed by atoms with van der Waals surface area (Å²) in [4.78, 5) is 43.1. The molecular weight excluding hydrogens is 446 g/mol. The molecular formula is C27H39N3O5. The molecule has 7 atom stereocenters. The highest BCUT2D eigenvalue weighted by atomic mass is 16.5. The minimum absolute atomic E-state index is 0.0370. The number of para-hydroxylation sites is 1. The third kappa shape index (κ3) is 4.04. The summed E-state index contributed by atoms with van der Waals surface area (Å²) in [6.07, 6.45) is 1.05. The van der Waals surface area contributed by atoms with E-state index in [1.165, 1.54) is 0 Å². The number of anilines is 1. The zero-order valence-electron chi connectivity index (χ0n) is 21.6. The van der Waals surface area contributed by atoms with Gasteiger partial charge in [0.25, 0.3) is 0 Å². The molecule has 1 aromatic rings. The molecule has 35 heavy (non-hydrogen) atoms. The Morgan fingerprint density at radius 3 is 2.40 bits per heavy atom. The largest absolute Gasteiger partial charge is 0.394 e. The third-order valence-electron chi connectivity index (χ3n) is 8.10. The van der Waals surface area contributed by atoms with Gasteiger partial charge >= 0.3 is 0 Å². The van der Waals surface area contributed by atoms with Crippen molar-refractivity contribution in [3.8, 4) is 0 Å². The van der Waals surface area contributed by atoms with Gasteiger partial charge in [0.1, 0.15) is 11.6 Å². The van der Waals surface area contributed by atoms with Crippen LogP contribution in [-0.2, 0) is 19.1 Å². The predicted molar refractivity (Wildman–Crippen MR) is 132 cm³/mol. The summed E-state index contributed by atoms with van der Waals surface area (Å²) in [6, 6.07) is 7.59. The molecule has 3 aliphatic heterocycles. The van der Waals surface area contributed by atoms with Crippen molar-refractivity contribution < 1.29 is 24.2 Å². The second kappa shape index (κ2) is 9.21. The molecule has 0 aliphatic carbocycles. The Morgan fingerprint density at radius 1 is 1.17 bits per heavy atom. The highest BCUT2D eigenvalue weighted by Crippen LogP contribution is 2.65. The summed E-state index contributed by atoms with van der Waals surface area (Å²) < 4.78 is 6.70. The molecule has 3 aliphatic rings. The van der Waals surface area contributed by atoms with Gasteiger partial charge in [-0.15, -0.1) is 0 Å².